The molecule has 0 aliphatic heterocycles. The largest absolute Gasteiger partial charge is 0.480 e. The van der Waals surface area contributed by atoms with Crippen LogP contribution >= 0.6 is 27.3 Å². The van der Waals surface area contributed by atoms with Crippen molar-refractivity contribution in [1.82, 2.24) is 15.5 Å². The van der Waals surface area contributed by atoms with Crippen molar-refractivity contribution >= 4 is 27.3 Å². The first kappa shape index (κ1) is 15.4. The number of nitrogens with zero attached hydrogens (tertiary/aromatic N) is 2. The summed E-state index contributed by atoms with van der Waals surface area (Å²) in [6.07, 6.45) is 2.01. The van der Waals surface area contributed by atoms with Crippen LogP contribution in [0.3, 0.4) is 0 Å². The summed E-state index contributed by atoms with van der Waals surface area (Å²) >= 11 is 5.25. The van der Waals surface area contributed by atoms with Crippen LogP contribution in [0, 0.1) is 0 Å². The van der Waals surface area contributed by atoms with Crippen molar-refractivity contribution in [3.63, 3.8) is 0 Å². The van der Waals surface area contributed by atoms with E-state index in [1.807, 2.05) is 12.1 Å². The van der Waals surface area contributed by atoms with Crippen molar-refractivity contribution in [3.05, 3.63) is 38.6 Å². The summed E-state index contributed by atoms with van der Waals surface area (Å²) in [7, 11) is 1.60. The molecule has 0 spiro atoms. The molecule has 0 saturated carbocycles. The summed E-state index contributed by atoms with van der Waals surface area (Å²) in [5.74, 6) is 0.543. The van der Waals surface area contributed by atoms with Crippen LogP contribution in [0.2, 0.25) is 0 Å². The molecule has 0 aliphatic carbocycles. The van der Waals surface area contributed by atoms with Crippen molar-refractivity contribution in [2.24, 2.45) is 0 Å². The van der Waals surface area contributed by atoms with Gasteiger partial charge in [0.15, 0.2) is 0 Å². The molecule has 1 atom stereocenters. The lowest BCUT2D eigenvalue weighted by molar-refractivity contribution is 0.389. The Labute approximate surface area is 131 Å². The van der Waals surface area contributed by atoms with Crippen molar-refractivity contribution in [3.8, 4) is 5.88 Å². The maximum Gasteiger partial charge on any atom is 0.233 e. The lowest BCUT2D eigenvalue weighted by Gasteiger charge is -2.16. The average Bonchev–Trinajstić information content (AvgIpc) is 2.89. The number of thiophene rings is 1. The van der Waals surface area contributed by atoms with Gasteiger partial charge in [-0.1, -0.05) is 6.92 Å². The predicted octanol–water partition coefficient (Wildman–Crippen LogP) is 3.59. The second kappa shape index (κ2) is 7.71. The monoisotopic (exact) mass is 355 g/mol. The van der Waals surface area contributed by atoms with E-state index in [0.29, 0.717) is 5.88 Å². The Hall–Kier alpha value is -0.980. The van der Waals surface area contributed by atoms with E-state index < -0.39 is 0 Å². The summed E-state index contributed by atoms with van der Waals surface area (Å²) in [6.45, 7) is 3.12. The minimum Gasteiger partial charge on any atom is -0.480 e. The number of hydrogen-bond donors (Lipinski definition) is 1. The van der Waals surface area contributed by atoms with Gasteiger partial charge in [0.05, 0.1) is 18.8 Å². The second-order valence-electron chi connectivity index (χ2n) is 4.44. The molecule has 1 unspecified atom stereocenters. The lowest BCUT2D eigenvalue weighted by Crippen LogP contribution is -2.25. The molecule has 0 radical (unpaired) electrons. The van der Waals surface area contributed by atoms with E-state index in [-0.39, 0.29) is 6.04 Å². The van der Waals surface area contributed by atoms with Crippen LogP contribution in [0.25, 0.3) is 0 Å². The van der Waals surface area contributed by atoms with Gasteiger partial charge in [-0.15, -0.1) is 16.4 Å². The molecule has 6 heteroatoms. The smallest absolute Gasteiger partial charge is 0.233 e. The standard InChI is InChI=1S/C14H18BrN3OS/c1-3-6-16-13(8-11-7-10(15)9-20-11)12-4-5-14(19-2)18-17-12/h4-5,7,9,13,16H,3,6,8H2,1-2H3. The van der Waals surface area contributed by atoms with Gasteiger partial charge in [-0.25, -0.2) is 0 Å². The van der Waals surface area contributed by atoms with E-state index in [1.165, 1.54) is 4.88 Å². The topological polar surface area (TPSA) is 47.0 Å². The van der Waals surface area contributed by atoms with Gasteiger partial charge in [-0.05, 0) is 41.0 Å². The highest BCUT2D eigenvalue weighted by Gasteiger charge is 2.15. The van der Waals surface area contributed by atoms with Crippen molar-refractivity contribution in [1.29, 1.82) is 0 Å². The Morgan fingerprint density at radius 2 is 2.25 bits per heavy atom. The number of hydrogen-bond acceptors (Lipinski definition) is 5. The minimum absolute atomic E-state index is 0.180. The SMILES string of the molecule is CCCNC(Cc1cc(Br)cs1)c1ccc(OC)nn1. The zero-order valence-electron chi connectivity index (χ0n) is 11.6. The van der Waals surface area contributed by atoms with Gasteiger partial charge in [0.2, 0.25) is 5.88 Å². The molecule has 0 aromatic carbocycles. The first-order chi connectivity index (χ1) is 9.72. The van der Waals surface area contributed by atoms with Gasteiger partial charge < -0.3 is 10.1 Å². The maximum absolute atomic E-state index is 5.05. The number of ether oxygens (including phenoxy) is 1. The fraction of sp³-hybridized carbons (Fsp3) is 0.429. The van der Waals surface area contributed by atoms with Gasteiger partial charge in [0, 0.05) is 27.2 Å². The van der Waals surface area contributed by atoms with Gasteiger partial charge >= 0.3 is 0 Å². The van der Waals surface area contributed by atoms with Crippen LogP contribution in [0.15, 0.2) is 28.1 Å². The first-order valence-electron chi connectivity index (χ1n) is 6.56. The highest BCUT2D eigenvalue weighted by Crippen LogP contribution is 2.25. The molecule has 2 rings (SSSR count). The van der Waals surface area contributed by atoms with E-state index in [9.17, 15) is 0 Å². The quantitative estimate of drug-likeness (QED) is 0.824. The molecule has 0 fully saturated rings. The Morgan fingerprint density at radius 3 is 2.80 bits per heavy atom. The Balaban J connectivity index is 2.12. The highest BCUT2D eigenvalue weighted by atomic mass is 79.9. The third-order valence-electron chi connectivity index (χ3n) is 2.89. The molecule has 20 heavy (non-hydrogen) atoms. The summed E-state index contributed by atoms with van der Waals surface area (Å²) in [5.41, 5.74) is 0.948. The van der Waals surface area contributed by atoms with Crippen molar-refractivity contribution < 1.29 is 4.74 Å². The fourth-order valence-corrected chi connectivity index (χ4v) is 3.39. The third kappa shape index (κ3) is 4.26. The fourth-order valence-electron chi connectivity index (χ4n) is 1.89. The van der Waals surface area contributed by atoms with Crippen LogP contribution < -0.4 is 10.1 Å². The highest BCUT2D eigenvalue weighted by molar-refractivity contribution is 9.10. The normalized spacial score (nSPS) is 12.3. The molecule has 0 saturated heterocycles. The van der Waals surface area contributed by atoms with Crippen molar-refractivity contribution in [2.75, 3.05) is 13.7 Å². The van der Waals surface area contributed by atoms with Crippen LogP contribution in [-0.2, 0) is 6.42 Å². The summed E-state index contributed by atoms with van der Waals surface area (Å²) in [4.78, 5) is 1.32. The van der Waals surface area contributed by atoms with E-state index in [0.717, 1.165) is 29.6 Å². The third-order valence-corrected chi connectivity index (χ3v) is 4.61. The average molecular weight is 356 g/mol. The van der Waals surface area contributed by atoms with Crippen molar-refractivity contribution in [2.45, 2.75) is 25.8 Å². The molecule has 108 valence electrons. The van der Waals surface area contributed by atoms with Crippen LogP contribution in [0.4, 0.5) is 0 Å². The van der Waals surface area contributed by atoms with E-state index in [2.05, 4.69) is 49.8 Å². The number of rotatable bonds is 7. The number of halogens is 1. The van der Waals surface area contributed by atoms with E-state index >= 15 is 0 Å². The summed E-state index contributed by atoms with van der Waals surface area (Å²) in [5, 5.41) is 13.9. The summed E-state index contributed by atoms with van der Waals surface area (Å²) < 4.78 is 6.19. The van der Waals surface area contributed by atoms with E-state index in [4.69, 9.17) is 4.74 Å². The Morgan fingerprint density at radius 1 is 1.40 bits per heavy atom. The second-order valence-corrected chi connectivity index (χ2v) is 6.35. The zero-order chi connectivity index (χ0) is 14.4. The number of methoxy groups -OCH3 is 1. The first-order valence-corrected chi connectivity index (χ1v) is 8.24. The van der Waals surface area contributed by atoms with E-state index in [1.54, 1.807) is 18.4 Å². The lowest BCUT2D eigenvalue weighted by atomic mass is 10.1. The number of nitrogens with one attached hydrogen (secondary N) is 1. The van der Waals surface area contributed by atoms with Gasteiger partial charge in [-0.2, -0.15) is 5.10 Å². The maximum atomic E-state index is 5.05. The Bertz CT molecular complexity index is 529. The summed E-state index contributed by atoms with van der Waals surface area (Å²) in [6, 6.07) is 6.16. The molecule has 1 N–H and O–H groups in total. The van der Waals surface area contributed by atoms with Gasteiger partial charge in [-0.3, -0.25) is 0 Å². The molecule has 2 heterocycles. The number of aromatic nitrogens is 2. The molecule has 0 bridgehead atoms. The van der Waals surface area contributed by atoms with Gasteiger partial charge in [0.25, 0.3) is 0 Å². The molecule has 0 aliphatic rings. The molecule has 2 aromatic heterocycles. The van der Waals surface area contributed by atoms with Crippen LogP contribution in [0.5, 0.6) is 5.88 Å². The predicted molar refractivity (Wildman–Crippen MR) is 85.3 cm³/mol. The molecule has 0 amide bonds. The van der Waals surface area contributed by atoms with Crippen LogP contribution in [0.1, 0.15) is 30.0 Å². The zero-order valence-corrected chi connectivity index (χ0v) is 14.0. The minimum atomic E-state index is 0.180. The molecular weight excluding hydrogens is 338 g/mol. The molecule has 4 nitrogen and oxygen atoms in total. The molecule has 2 aromatic rings. The molecular formula is C14H18BrN3OS. The van der Waals surface area contributed by atoms with Gasteiger partial charge in [0.1, 0.15) is 0 Å². The Kier molecular flexibility index (Phi) is 5.94. The van der Waals surface area contributed by atoms with Crippen LogP contribution in [-0.4, -0.2) is 23.9 Å².